The molecule has 9 heteroatoms. The normalized spacial score (nSPS) is 20.4. The van der Waals surface area contributed by atoms with Crippen molar-refractivity contribution in [2.75, 3.05) is 13.1 Å². The van der Waals surface area contributed by atoms with E-state index < -0.39 is 35.9 Å². The summed E-state index contributed by atoms with van der Waals surface area (Å²) >= 11 is 0. The molecular weight excluding hydrogens is 606 g/mol. The van der Waals surface area contributed by atoms with E-state index in [1.807, 2.05) is 38.1 Å². The van der Waals surface area contributed by atoms with Gasteiger partial charge in [0.25, 0.3) is 5.91 Å². The summed E-state index contributed by atoms with van der Waals surface area (Å²) in [5.74, 6) is -2.78. The van der Waals surface area contributed by atoms with Crippen LogP contribution in [0.5, 0.6) is 0 Å². The number of aryl methyl sites for hydroxylation is 1. The van der Waals surface area contributed by atoms with Crippen molar-refractivity contribution in [2.45, 2.75) is 116 Å². The monoisotopic (exact) mass is 659 g/mol. The number of carbonyl (C=O) groups is 5. The number of rotatable bonds is 16. The predicted molar refractivity (Wildman–Crippen MR) is 186 cm³/mol. The molecule has 2 heterocycles. The van der Waals surface area contributed by atoms with E-state index in [9.17, 15) is 29.1 Å². The molecule has 2 aliphatic rings. The van der Waals surface area contributed by atoms with Gasteiger partial charge in [0.15, 0.2) is 5.78 Å². The maximum absolute atomic E-state index is 14.0. The van der Waals surface area contributed by atoms with Crippen LogP contribution in [0.3, 0.4) is 0 Å². The first kappa shape index (κ1) is 36.8. The van der Waals surface area contributed by atoms with E-state index in [0.29, 0.717) is 50.8 Å². The van der Waals surface area contributed by atoms with E-state index in [0.717, 1.165) is 43.2 Å². The lowest BCUT2D eigenvalue weighted by atomic mass is 9.97. The molecule has 2 saturated heterocycles. The van der Waals surface area contributed by atoms with Crippen LogP contribution in [0.15, 0.2) is 48.5 Å². The van der Waals surface area contributed by atoms with Gasteiger partial charge in [-0.1, -0.05) is 89.8 Å². The number of ketones is 1. The molecule has 0 aromatic heterocycles. The Morgan fingerprint density at radius 3 is 2.15 bits per heavy atom. The van der Waals surface area contributed by atoms with Gasteiger partial charge in [0.05, 0.1) is 6.04 Å². The molecule has 3 amide bonds. The first-order valence-corrected chi connectivity index (χ1v) is 17.9. The standard InChI is InChI=1S/C39H53N3O6/c1-5-7-9-12-32(39(47)48)40-36(44)27(4)24-35(43)33-13-10-22-41(33)38(46)34-23-26(3)25-42(34)37(45)31-20-18-30(19-21-31)29-16-14-28(15-17-29)11-8-6-2/h14-21,26-27,32-34H,5-13,22-25H2,1-4H3,(H,40,44)(H,47,48)/t26-,27+,32-,33-,34-/m0/s1. The number of likely N-dealkylation sites (tertiary alicyclic amines) is 2. The fraction of sp³-hybridized carbons (Fsp3) is 0.564. The molecule has 48 heavy (non-hydrogen) atoms. The summed E-state index contributed by atoms with van der Waals surface area (Å²) in [4.78, 5) is 69.0. The van der Waals surface area contributed by atoms with Crippen LogP contribution in [0, 0.1) is 11.8 Å². The number of unbranched alkanes of at least 4 members (excludes halogenated alkanes) is 3. The van der Waals surface area contributed by atoms with Crippen LogP contribution in [0.25, 0.3) is 11.1 Å². The number of nitrogens with one attached hydrogen (secondary N) is 1. The Morgan fingerprint density at radius 2 is 1.52 bits per heavy atom. The zero-order chi connectivity index (χ0) is 34.8. The van der Waals surface area contributed by atoms with E-state index >= 15 is 0 Å². The van der Waals surface area contributed by atoms with Crippen molar-refractivity contribution < 1.29 is 29.1 Å². The third kappa shape index (κ3) is 9.32. The highest BCUT2D eigenvalue weighted by molar-refractivity contribution is 6.00. The summed E-state index contributed by atoms with van der Waals surface area (Å²) in [7, 11) is 0. The molecule has 4 rings (SSSR count). The zero-order valence-electron chi connectivity index (χ0n) is 29.1. The summed E-state index contributed by atoms with van der Waals surface area (Å²) in [6, 6.07) is 13.8. The Balaban J connectivity index is 1.38. The summed E-state index contributed by atoms with van der Waals surface area (Å²) in [5.41, 5.74) is 3.94. The van der Waals surface area contributed by atoms with Crippen LogP contribution in [0.2, 0.25) is 0 Å². The Labute approximate surface area is 285 Å². The quantitative estimate of drug-likeness (QED) is 0.205. The summed E-state index contributed by atoms with van der Waals surface area (Å²) in [6.07, 6.45) is 7.85. The van der Waals surface area contributed by atoms with Crippen molar-refractivity contribution in [3.05, 3.63) is 59.7 Å². The molecular formula is C39H53N3O6. The molecule has 0 radical (unpaired) electrons. The van der Waals surface area contributed by atoms with E-state index in [1.54, 1.807) is 16.7 Å². The van der Waals surface area contributed by atoms with Crippen molar-refractivity contribution in [2.24, 2.45) is 11.8 Å². The number of hydrogen-bond donors (Lipinski definition) is 2. The minimum atomic E-state index is -1.08. The molecule has 5 atom stereocenters. The molecule has 0 saturated carbocycles. The second kappa shape index (κ2) is 17.4. The number of benzene rings is 2. The number of carbonyl (C=O) groups excluding carboxylic acids is 4. The van der Waals surface area contributed by atoms with Gasteiger partial charge in [-0.3, -0.25) is 19.2 Å². The SMILES string of the molecule is CCCCC[C@H](NC(=O)[C@H](C)CC(=O)[C@@H]1CCCN1C(=O)[C@@H]1C[C@H](C)CN1C(=O)c1ccc(-c2ccc(CCCC)cc2)cc1)C(=O)O. The Hall–Kier alpha value is -4.01. The van der Waals surface area contributed by atoms with Crippen molar-refractivity contribution in [3.63, 3.8) is 0 Å². The van der Waals surface area contributed by atoms with Gasteiger partial charge < -0.3 is 20.2 Å². The maximum Gasteiger partial charge on any atom is 0.326 e. The largest absolute Gasteiger partial charge is 0.480 e. The summed E-state index contributed by atoms with van der Waals surface area (Å²) < 4.78 is 0. The van der Waals surface area contributed by atoms with Crippen LogP contribution < -0.4 is 5.32 Å². The number of nitrogens with zero attached hydrogens (tertiary/aromatic N) is 2. The lowest BCUT2D eigenvalue weighted by molar-refractivity contribution is -0.143. The Bertz CT molecular complexity index is 1420. The molecule has 2 aromatic rings. The number of carboxylic acids is 1. The Morgan fingerprint density at radius 1 is 0.875 bits per heavy atom. The van der Waals surface area contributed by atoms with Gasteiger partial charge in [0, 0.05) is 31.0 Å². The molecule has 9 nitrogen and oxygen atoms in total. The number of hydrogen-bond acceptors (Lipinski definition) is 5. The average Bonchev–Trinajstić information content (AvgIpc) is 3.74. The van der Waals surface area contributed by atoms with E-state index in [-0.39, 0.29) is 29.9 Å². The van der Waals surface area contributed by atoms with Gasteiger partial charge in [0.1, 0.15) is 12.1 Å². The van der Waals surface area contributed by atoms with Gasteiger partial charge in [-0.05, 0) is 73.3 Å². The zero-order valence-corrected chi connectivity index (χ0v) is 29.1. The van der Waals surface area contributed by atoms with E-state index in [2.05, 4.69) is 36.5 Å². The molecule has 2 aromatic carbocycles. The molecule has 0 aliphatic carbocycles. The third-order valence-corrected chi connectivity index (χ3v) is 9.87. The lowest BCUT2D eigenvalue weighted by Gasteiger charge is -2.31. The van der Waals surface area contributed by atoms with Crippen molar-refractivity contribution >= 4 is 29.5 Å². The number of amides is 3. The molecule has 0 spiro atoms. The highest BCUT2D eigenvalue weighted by atomic mass is 16.4. The minimum Gasteiger partial charge on any atom is -0.480 e. The fourth-order valence-corrected chi connectivity index (χ4v) is 6.98. The van der Waals surface area contributed by atoms with Crippen LogP contribution in [-0.2, 0) is 25.6 Å². The number of Topliss-reactive ketones (excluding diaryl/α,β-unsaturated/α-hetero) is 1. The maximum atomic E-state index is 14.0. The van der Waals surface area contributed by atoms with Gasteiger partial charge in [-0.2, -0.15) is 0 Å². The molecule has 2 N–H and O–H groups in total. The molecule has 2 fully saturated rings. The second-order valence-corrected chi connectivity index (χ2v) is 13.8. The first-order valence-electron chi connectivity index (χ1n) is 17.9. The second-order valence-electron chi connectivity index (χ2n) is 13.8. The van der Waals surface area contributed by atoms with Crippen molar-refractivity contribution in [3.8, 4) is 11.1 Å². The van der Waals surface area contributed by atoms with Crippen molar-refractivity contribution in [1.29, 1.82) is 0 Å². The lowest BCUT2D eigenvalue weighted by Crippen LogP contribution is -2.51. The van der Waals surface area contributed by atoms with E-state index in [1.165, 1.54) is 5.56 Å². The van der Waals surface area contributed by atoms with E-state index in [4.69, 9.17) is 0 Å². The summed E-state index contributed by atoms with van der Waals surface area (Å²) in [6.45, 7) is 8.74. The molecule has 2 aliphatic heterocycles. The predicted octanol–water partition coefficient (Wildman–Crippen LogP) is 6.28. The number of carboxylic acid groups (broad SMARTS) is 1. The highest BCUT2D eigenvalue weighted by Crippen LogP contribution is 2.31. The van der Waals surface area contributed by atoms with Gasteiger partial charge >= 0.3 is 5.97 Å². The van der Waals surface area contributed by atoms with Gasteiger partial charge in [-0.25, -0.2) is 4.79 Å². The molecule has 260 valence electrons. The van der Waals surface area contributed by atoms with Gasteiger partial charge in [-0.15, -0.1) is 0 Å². The Kier molecular flexibility index (Phi) is 13.4. The van der Waals surface area contributed by atoms with Crippen LogP contribution in [0.4, 0.5) is 0 Å². The number of aliphatic carboxylic acids is 1. The molecule has 0 bridgehead atoms. The van der Waals surface area contributed by atoms with Crippen LogP contribution in [0.1, 0.15) is 108 Å². The minimum absolute atomic E-state index is 0.0842. The average molecular weight is 660 g/mol. The topological polar surface area (TPSA) is 124 Å². The van der Waals surface area contributed by atoms with Crippen LogP contribution >= 0.6 is 0 Å². The van der Waals surface area contributed by atoms with Gasteiger partial charge in [0.2, 0.25) is 11.8 Å². The fourth-order valence-electron chi connectivity index (χ4n) is 6.98. The third-order valence-electron chi connectivity index (χ3n) is 9.87. The summed E-state index contributed by atoms with van der Waals surface area (Å²) in [5, 5.41) is 12.1. The molecule has 0 unspecified atom stereocenters. The van der Waals surface area contributed by atoms with Crippen molar-refractivity contribution in [1.82, 2.24) is 15.1 Å². The first-order chi connectivity index (χ1) is 23.0. The van der Waals surface area contributed by atoms with Crippen LogP contribution in [-0.4, -0.2) is 75.6 Å². The smallest absolute Gasteiger partial charge is 0.326 e. The highest BCUT2D eigenvalue weighted by Gasteiger charge is 2.44.